The zero-order chi connectivity index (χ0) is 10.6. The van der Waals surface area contributed by atoms with E-state index in [2.05, 4.69) is 79.0 Å². The van der Waals surface area contributed by atoms with E-state index < -0.39 is 0 Å². The van der Waals surface area contributed by atoms with Crippen LogP contribution in [0.5, 0.6) is 0 Å². The van der Waals surface area contributed by atoms with Crippen LogP contribution >= 0.6 is 47.8 Å². The number of aryl methyl sites for hydroxylation is 1. The summed E-state index contributed by atoms with van der Waals surface area (Å²) in [5, 5.41) is 0. The predicted octanol–water partition coefficient (Wildman–Crippen LogP) is 5.32. The second-order valence-corrected chi connectivity index (χ2v) is 10.0. The van der Waals surface area contributed by atoms with Crippen LogP contribution in [0.4, 0.5) is 0 Å². The Kier molecular flexibility index (Phi) is 5.15. The molecule has 1 aromatic rings. The maximum atomic E-state index is 3.56. The first kappa shape index (κ1) is 12.7. The largest absolute Gasteiger partial charge is 0.160 e. The SMILES string of the molecule is CCCCc1ccccc1C(Br)(Br)Br. The molecular formula is C11H13Br3. The molecule has 0 saturated carbocycles. The fourth-order valence-corrected chi connectivity index (χ4v) is 2.54. The topological polar surface area (TPSA) is 0 Å². The highest BCUT2D eigenvalue weighted by Crippen LogP contribution is 2.45. The maximum absolute atomic E-state index is 3.56. The maximum Gasteiger partial charge on any atom is 0.160 e. The first-order valence-electron chi connectivity index (χ1n) is 4.70. The van der Waals surface area contributed by atoms with E-state index in [-0.39, 0.29) is 2.14 Å². The Morgan fingerprint density at radius 3 is 2.36 bits per heavy atom. The van der Waals surface area contributed by atoms with Crippen molar-refractivity contribution in [1.82, 2.24) is 0 Å². The number of hydrogen-bond acceptors (Lipinski definition) is 0. The van der Waals surface area contributed by atoms with Crippen molar-refractivity contribution >= 4 is 47.8 Å². The third kappa shape index (κ3) is 3.67. The fraction of sp³-hybridized carbons (Fsp3) is 0.455. The van der Waals surface area contributed by atoms with Gasteiger partial charge >= 0.3 is 0 Å². The van der Waals surface area contributed by atoms with Crippen molar-refractivity contribution in [3.63, 3.8) is 0 Å². The Balaban J connectivity index is 2.92. The molecule has 0 fully saturated rings. The fourth-order valence-electron chi connectivity index (χ4n) is 1.38. The van der Waals surface area contributed by atoms with E-state index in [1.807, 2.05) is 0 Å². The summed E-state index contributed by atoms with van der Waals surface area (Å²) in [5.74, 6) is 0. The molecule has 0 aliphatic carbocycles. The van der Waals surface area contributed by atoms with Crippen LogP contribution in [0.2, 0.25) is 0 Å². The number of halogens is 3. The van der Waals surface area contributed by atoms with Gasteiger partial charge < -0.3 is 0 Å². The molecule has 0 aromatic heterocycles. The highest BCUT2D eigenvalue weighted by molar-refractivity contribution is 9.38. The molecule has 0 saturated heterocycles. The molecular weight excluding hydrogens is 372 g/mol. The highest BCUT2D eigenvalue weighted by Gasteiger charge is 2.23. The molecule has 0 aliphatic rings. The summed E-state index contributed by atoms with van der Waals surface area (Å²) in [6.07, 6.45) is 3.60. The second-order valence-electron chi connectivity index (χ2n) is 3.26. The van der Waals surface area contributed by atoms with Crippen molar-refractivity contribution in [2.75, 3.05) is 0 Å². The van der Waals surface area contributed by atoms with Crippen LogP contribution in [0.1, 0.15) is 30.9 Å². The lowest BCUT2D eigenvalue weighted by molar-refractivity contribution is 0.790. The normalized spacial score (nSPS) is 11.7. The molecule has 0 radical (unpaired) electrons. The van der Waals surface area contributed by atoms with Gasteiger partial charge in [-0.2, -0.15) is 0 Å². The molecule has 1 rings (SSSR count). The Labute approximate surface area is 111 Å². The first-order chi connectivity index (χ1) is 6.55. The van der Waals surface area contributed by atoms with Gasteiger partial charge in [0.05, 0.1) is 0 Å². The molecule has 0 bridgehead atoms. The van der Waals surface area contributed by atoms with Gasteiger partial charge in [-0.05, 0) is 24.0 Å². The van der Waals surface area contributed by atoms with Crippen molar-refractivity contribution in [3.05, 3.63) is 35.4 Å². The van der Waals surface area contributed by atoms with E-state index in [4.69, 9.17) is 0 Å². The molecule has 0 amide bonds. The summed E-state index contributed by atoms with van der Waals surface area (Å²) in [5.41, 5.74) is 2.65. The zero-order valence-corrected chi connectivity index (χ0v) is 12.8. The summed E-state index contributed by atoms with van der Waals surface area (Å²) in [7, 11) is 0. The minimum Gasteiger partial charge on any atom is -0.0654 e. The summed E-state index contributed by atoms with van der Waals surface area (Å²) in [6.45, 7) is 2.21. The Hall–Kier alpha value is 0.660. The third-order valence-corrected chi connectivity index (χ3v) is 3.40. The Bertz CT molecular complexity index is 289. The molecule has 3 heteroatoms. The van der Waals surface area contributed by atoms with Gasteiger partial charge in [0, 0.05) is 0 Å². The smallest absolute Gasteiger partial charge is 0.0654 e. The van der Waals surface area contributed by atoms with Gasteiger partial charge in [-0.25, -0.2) is 0 Å². The average Bonchev–Trinajstić information content (AvgIpc) is 2.14. The molecule has 0 aliphatic heterocycles. The van der Waals surface area contributed by atoms with Gasteiger partial charge in [-0.3, -0.25) is 0 Å². The molecule has 0 spiro atoms. The van der Waals surface area contributed by atoms with Crippen LogP contribution < -0.4 is 0 Å². The minimum absolute atomic E-state index is 0.280. The van der Waals surface area contributed by atoms with Gasteiger partial charge in [-0.1, -0.05) is 85.4 Å². The van der Waals surface area contributed by atoms with Crippen molar-refractivity contribution < 1.29 is 0 Å². The lowest BCUT2D eigenvalue weighted by Crippen LogP contribution is -2.03. The van der Waals surface area contributed by atoms with E-state index in [0.29, 0.717) is 0 Å². The molecule has 14 heavy (non-hydrogen) atoms. The van der Waals surface area contributed by atoms with Crippen LogP contribution in [0.15, 0.2) is 24.3 Å². The Morgan fingerprint density at radius 1 is 1.14 bits per heavy atom. The molecule has 0 heterocycles. The monoisotopic (exact) mass is 382 g/mol. The number of alkyl halides is 3. The standard InChI is InChI=1S/C11H13Br3/c1-2-3-6-9-7-4-5-8-10(9)11(12,13)14/h4-5,7-8H,2-3,6H2,1H3. The molecule has 0 atom stereocenters. The van der Waals surface area contributed by atoms with Gasteiger partial charge in [0.15, 0.2) is 2.14 Å². The molecule has 0 nitrogen and oxygen atoms in total. The summed E-state index contributed by atoms with van der Waals surface area (Å²) in [4.78, 5) is 0. The third-order valence-electron chi connectivity index (χ3n) is 2.12. The molecule has 1 aromatic carbocycles. The van der Waals surface area contributed by atoms with E-state index >= 15 is 0 Å². The van der Waals surface area contributed by atoms with Gasteiger partial charge in [-0.15, -0.1) is 0 Å². The lowest BCUT2D eigenvalue weighted by Gasteiger charge is -2.17. The predicted molar refractivity (Wildman–Crippen MR) is 73.5 cm³/mol. The second kappa shape index (κ2) is 5.66. The van der Waals surface area contributed by atoms with E-state index in [9.17, 15) is 0 Å². The van der Waals surface area contributed by atoms with E-state index in [0.717, 1.165) is 6.42 Å². The first-order valence-corrected chi connectivity index (χ1v) is 7.08. The van der Waals surface area contributed by atoms with Crippen molar-refractivity contribution in [2.24, 2.45) is 0 Å². The van der Waals surface area contributed by atoms with Crippen molar-refractivity contribution in [3.8, 4) is 0 Å². The van der Waals surface area contributed by atoms with Gasteiger partial charge in [0.25, 0.3) is 0 Å². The van der Waals surface area contributed by atoms with E-state index in [1.165, 1.54) is 24.0 Å². The summed E-state index contributed by atoms with van der Waals surface area (Å²) < 4.78 is -0.280. The van der Waals surface area contributed by atoms with Gasteiger partial charge in [0.2, 0.25) is 0 Å². The highest BCUT2D eigenvalue weighted by atomic mass is 80.0. The van der Waals surface area contributed by atoms with Crippen molar-refractivity contribution in [1.29, 1.82) is 0 Å². The minimum atomic E-state index is -0.280. The average molecular weight is 385 g/mol. The summed E-state index contributed by atoms with van der Waals surface area (Å²) >= 11 is 10.7. The van der Waals surface area contributed by atoms with Crippen LogP contribution in [-0.2, 0) is 8.56 Å². The lowest BCUT2D eigenvalue weighted by atomic mass is 10.0. The molecule has 78 valence electrons. The Morgan fingerprint density at radius 2 is 1.79 bits per heavy atom. The van der Waals surface area contributed by atoms with Crippen LogP contribution in [-0.4, -0.2) is 0 Å². The summed E-state index contributed by atoms with van der Waals surface area (Å²) in [6, 6.07) is 8.46. The van der Waals surface area contributed by atoms with Gasteiger partial charge in [0.1, 0.15) is 0 Å². The number of rotatable bonds is 3. The van der Waals surface area contributed by atoms with Crippen LogP contribution in [0.25, 0.3) is 0 Å². The quantitative estimate of drug-likeness (QED) is 0.618. The van der Waals surface area contributed by atoms with E-state index in [1.54, 1.807) is 0 Å². The van der Waals surface area contributed by atoms with Crippen molar-refractivity contribution in [2.45, 2.75) is 28.3 Å². The number of unbranched alkanes of at least 4 members (excludes halogenated alkanes) is 1. The number of hydrogen-bond donors (Lipinski definition) is 0. The number of benzene rings is 1. The molecule has 0 unspecified atom stereocenters. The van der Waals surface area contributed by atoms with Crippen LogP contribution in [0, 0.1) is 0 Å². The van der Waals surface area contributed by atoms with Crippen LogP contribution in [0.3, 0.4) is 0 Å². The zero-order valence-electron chi connectivity index (χ0n) is 8.06. The molecule has 0 N–H and O–H groups in total.